The van der Waals surface area contributed by atoms with Gasteiger partial charge in [-0.1, -0.05) is 0 Å². The van der Waals surface area contributed by atoms with Crippen molar-refractivity contribution in [1.82, 2.24) is 49.8 Å². The molecule has 300 valence electrons. The average Bonchev–Trinajstić information content (AvgIpc) is 4.10. The van der Waals surface area contributed by atoms with Crippen molar-refractivity contribution in [2.24, 2.45) is 0 Å². The van der Waals surface area contributed by atoms with Gasteiger partial charge in [-0.25, -0.2) is 34.7 Å². The van der Waals surface area contributed by atoms with Gasteiger partial charge in [0.15, 0.2) is 23.3 Å². The molecule has 4 aliphatic rings. The number of aryl methyl sites for hydroxylation is 2. The molecule has 8 aromatic heterocycles. The van der Waals surface area contributed by atoms with Crippen molar-refractivity contribution < 1.29 is 4.79 Å². The van der Waals surface area contributed by atoms with Gasteiger partial charge in [0.2, 0.25) is 0 Å². The fraction of sp³-hybridized carbons (Fsp3) is 0.233. The summed E-state index contributed by atoms with van der Waals surface area (Å²) in [6.45, 7) is 7.92. The number of nitrogens with zero attached hydrogens (tertiary/aromatic N) is 11. The number of nitrogens with two attached hydrogens (primary N) is 1. The number of hydrogen-bond donors (Lipinski definition) is 5. The van der Waals surface area contributed by atoms with E-state index in [0.29, 0.717) is 29.0 Å². The highest BCUT2D eigenvalue weighted by Crippen LogP contribution is 2.41. The first-order valence-corrected chi connectivity index (χ1v) is 19.9. The number of H-pyrrole nitrogens is 2. The van der Waals surface area contributed by atoms with Gasteiger partial charge in [-0.05, 0) is 87.4 Å². The molecule has 17 nitrogen and oxygen atoms in total. The predicted octanol–water partition coefficient (Wildman–Crippen LogP) is 6.35. The number of imidazole rings is 2. The fourth-order valence-corrected chi connectivity index (χ4v) is 8.32. The molecule has 0 spiro atoms. The number of aromatic nitrogens is 10. The second kappa shape index (κ2) is 15.2. The quantitative estimate of drug-likeness (QED) is 0.132. The Labute approximate surface area is 344 Å². The molecule has 2 saturated heterocycles. The van der Waals surface area contributed by atoms with Gasteiger partial charge in [-0.2, -0.15) is 0 Å². The first-order chi connectivity index (χ1) is 29.3. The lowest BCUT2D eigenvalue weighted by Gasteiger charge is -2.35. The molecule has 4 aliphatic heterocycles. The Kier molecular flexibility index (Phi) is 9.31. The van der Waals surface area contributed by atoms with Crippen molar-refractivity contribution in [2.75, 3.05) is 57.2 Å². The molecule has 0 aromatic carbocycles. The van der Waals surface area contributed by atoms with E-state index in [0.717, 1.165) is 94.6 Å². The lowest BCUT2D eigenvalue weighted by Crippen LogP contribution is -2.48. The van der Waals surface area contributed by atoms with Gasteiger partial charge in [0.1, 0.15) is 11.0 Å². The van der Waals surface area contributed by atoms with Gasteiger partial charge in [-0.15, -0.1) is 0 Å². The van der Waals surface area contributed by atoms with Crippen LogP contribution in [0.1, 0.15) is 24.2 Å². The van der Waals surface area contributed by atoms with E-state index in [1.165, 1.54) is 12.1 Å². The summed E-state index contributed by atoms with van der Waals surface area (Å²) < 4.78 is 0. The summed E-state index contributed by atoms with van der Waals surface area (Å²) in [5.41, 5.74) is 16.7. The molecule has 12 rings (SSSR count). The monoisotopic (exact) mass is 798 g/mol. The minimum Gasteiger partial charge on any atom is -0.382 e. The highest BCUT2D eigenvalue weighted by Gasteiger charge is 2.40. The molecule has 6 N–H and O–H groups in total. The maximum Gasteiger partial charge on any atom is 0.329 e. The molecule has 17 heteroatoms. The van der Waals surface area contributed by atoms with E-state index in [4.69, 9.17) is 15.7 Å². The van der Waals surface area contributed by atoms with Gasteiger partial charge in [0.25, 0.3) is 0 Å². The molecular weight excluding hydrogens is 757 g/mol. The van der Waals surface area contributed by atoms with E-state index in [1.54, 1.807) is 36.1 Å². The van der Waals surface area contributed by atoms with Crippen LogP contribution in [0.3, 0.4) is 0 Å². The number of carbonyl (C=O) groups excluding carboxylic acids is 1. The van der Waals surface area contributed by atoms with E-state index in [2.05, 4.69) is 84.6 Å². The lowest BCUT2D eigenvalue weighted by molar-refractivity contribution is 0.254. The molecule has 12 heterocycles. The van der Waals surface area contributed by atoms with Crippen molar-refractivity contribution in [2.45, 2.75) is 38.8 Å². The molecule has 0 aliphatic carbocycles. The largest absolute Gasteiger partial charge is 0.382 e. The van der Waals surface area contributed by atoms with Crippen molar-refractivity contribution in [1.29, 1.82) is 0 Å². The number of hydrogen-bond acceptors (Lipinski definition) is 13. The lowest BCUT2D eigenvalue weighted by atomic mass is 10.1. The summed E-state index contributed by atoms with van der Waals surface area (Å²) in [5.74, 6) is 2.61. The summed E-state index contributed by atoms with van der Waals surface area (Å²) in [6.07, 6.45) is 12.2. The summed E-state index contributed by atoms with van der Waals surface area (Å²) in [6, 6.07) is 20.4. The first-order valence-electron chi connectivity index (χ1n) is 19.9. The molecule has 4 bridgehead atoms. The van der Waals surface area contributed by atoms with Crippen LogP contribution in [0.25, 0.3) is 44.6 Å². The minimum atomic E-state index is -0.244. The maximum atomic E-state index is 13.5. The zero-order valence-corrected chi connectivity index (χ0v) is 33.0. The number of anilines is 6. The van der Waals surface area contributed by atoms with Crippen molar-refractivity contribution >= 4 is 62.7 Å². The second-order valence-corrected chi connectivity index (χ2v) is 15.2. The van der Waals surface area contributed by atoms with E-state index >= 15 is 0 Å². The Morgan fingerprint density at radius 2 is 1.33 bits per heavy atom. The molecule has 0 radical (unpaired) electrons. The molecule has 2 amide bonds. The van der Waals surface area contributed by atoms with Crippen LogP contribution in [0.4, 0.5) is 39.4 Å². The molecular formula is C43H42N16O. The standard InChI is InChI=1S/C22H20N8O.C15H16N4.C6H6N4/c1-13-10-14(4-7-23-13)16-2-3-18-21(27-16)30(15-6-9-29(18)11-15)22(31)28-20-19-17(5-8-24-20)25-12-26-19;1-10-8-11(4-6-16-10)13-2-3-14-15(18-13)17-12-5-7-19(14)9-12;7-6-5-4(1-2-8-6)9-3-10-5/h2-5,7-8,10,12,15H,6,9,11H2,1H3,(H,25,26)(H,24,28,31);2-4,6,8,12H,5,7,9H2,1H3,(H,17,18);1-3H,(H2,7,8)(H,9,10)/t15-;12-;/m00./s1. The Bertz CT molecular complexity index is 2870. The van der Waals surface area contributed by atoms with Crippen LogP contribution in [-0.4, -0.2) is 94.1 Å². The van der Waals surface area contributed by atoms with Crippen LogP contribution in [0, 0.1) is 13.8 Å². The molecule has 2 atom stereocenters. The van der Waals surface area contributed by atoms with Crippen LogP contribution in [0.15, 0.2) is 98.1 Å². The number of aromatic amines is 2. The Balaban J connectivity index is 0.000000125. The third-order valence-corrected chi connectivity index (χ3v) is 11.2. The molecule has 8 aromatic rings. The summed E-state index contributed by atoms with van der Waals surface area (Å²) in [5, 5.41) is 6.50. The van der Waals surface area contributed by atoms with Crippen molar-refractivity contribution in [3.63, 3.8) is 0 Å². The highest BCUT2D eigenvalue weighted by atomic mass is 16.2. The predicted molar refractivity (Wildman–Crippen MR) is 233 cm³/mol. The zero-order valence-electron chi connectivity index (χ0n) is 33.0. The molecule has 0 unspecified atom stereocenters. The van der Waals surface area contributed by atoms with Crippen molar-refractivity contribution in [3.8, 4) is 22.5 Å². The zero-order chi connectivity index (χ0) is 40.7. The van der Waals surface area contributed by atoms with Gasteiger partial charge in [0, 0.05) is 79.5 Å². The van der Waals surface area contributed by atoms with Crippen LogP contribution in [0.5, 0.6) is 0 Å². The van der Waals surface area contributed by atoms with Gasteiger partial charge in [0.05, 0.1) is 52.5 Å². The number of nitrogens with one attached hydrogen (secondary N) is 4. The second-order valence-electron chi connectivity index (χ2n) is 15.2. The third kappa shape index (κ3) is 6.99. The summed E-state index contributed by atoms with van der Waals surface area (Å²) in [4.78, 5) is 60.6. The van der Waals surface area contributed by atoms with Gasteiger partial charge in [-0.3, -0.25) is 20.2 Å². The smallest absolute Gasteiger partial charge is 0.329 e. The number of rotatable bonds is 3. The Morgan fingerprint density at radius 3 is 2.07 bits per heavy atom. The first kappa shape index (κ1) is 36.6. The Hall–Kier alpha value is -7.69. The maximum absolute atomic E-state index is 13.5. The van der Waals surface area contributed by atoms with E-state index < -0.39 is 0 Å². The number of carbonyl (C=O) groups is 1. The van der Waals surface area contributed by atoms with E-state index in [1.807, 2.05) is 56.4 Å². The normalized spacial score (nSPS) is 16.9. The number of fused-ring (bicyclic) bond motifs is 10. The number of urea groups is 1. The summed E-state index contributed by atoms with van der Waals surface area (Å²) in [7, 11) is 0. The molecule has 2 fully saturated rings. The van der Waals surface area contributed by atoms with E-state index in [-0.39, 0.29) is 12.1 Å². The third-order valence-electron chi connectivity index (χ3n) is 11.2. The van der Waals surface area contributed by atoms with Gasteiger partial charge >= 0.3 is 6.03 Å². The van der Waals surface area contributed by atoms with Crippen LogP contribution < -0.4 is 31.1 Å². The van der Waals surface area contributed by atoms with E-state index in [9.17, 15) is 4.79 Å². The Morgan fingerprint density at radius 1 is 0.700 bits per heavy atom. The summed E-state index contributed by atoms with van der Waals surface area (Å²) >= 11 is 0. The fourth-order valence-electron chi connectivity index (χ4n) is 8.32. The van der Waals surface area contributed by atoms with Crippen LogP contribution in [-0.2, 0) is 0 Å². The molecule has 60 heavy (non-hydrogen) atoms. The topological polar surface area (TPSA) is 212 Å². The van der Waals surface area contributed by atoms with Gasteiger partial charge < -0.3 is 30.8 Å². The van der Waals surface area contributed by atoms with Crippen LogP contribution in [0.2, 0.25) is 0 Å². The highest BCUT2D eigenvalue weighted by molar-refractivity contribution is 6.07. The number of nitrogen functional groups attached to an aromatic ring is 1. The SMILES string of the molecule is Cc1cc(-c2ccc3c(n2)N(C(=O)Nc2nccc4[nH]cnc24)[C@H]2CCN3C2)ccn1.Cc1cc(-c2ccc3c(n2)N[C@H]2CCN3C2)ccn1.Nc1nccc2[nH]cnc12. The van der Waals surface area contributed by atoms with Crippen LogP contribution >= 0.6 is 0 Å². The number of amides is 2. The number of pyridine rings is 6. The van der Waals surface area contributed by atoms with Crippen molar-refractivity contribution in [3.05, 3.63) is 109 Å². The average molecular weight is 799 g/mol. The molecule has 0 saturated carbocycles. The minimum absolute atomic E-state index is 0.0628.